The van der Waals surface area contributed by atoms with Gasteiger partial charge in [-0.25, -0.2) is 9.59 Å². The molecule has 0 saturated heterocycles. The molecular weight excluding hydrogens is 538 g/mol. The molecule has 0 bridgehead atoms. The van der Waals surface area contributed by atoms with E-state index in [0.29, 0.717) is 11.1 Å². The Bertz CT molecular complexity index is 1050. The largest absolute Gasteiger partial charge is 2.00 e. The number of carboxylic acid groups (broad SMARTS) is 2. The number of rotatable bonds is 2. The smallest absolute Gasteiger partial charge is 0.872 e. The zero-order chi connectivity index (χ0) is 28.6. The molecule has 0 heterocycles. The summed E-state index contributed by atoms with van der Waals surface area (Å²) in [5.74, 6) is -3.06. The molecule has 0 aliphatic carbocycles. The van der Waals surface area contributed by atoms with E-state index in [-0.39, 0.29) is 69.2 Å². The van der Waals surface area contributed by atoms with Gasteiger partial charge in [-0.05, 0) is 56.0 Å². The van der Waals surface area contributed by atoms with Crippen LogP contribution in [0.4, 0.5) is 0 Å². The van der Waals surface area contributed by atoms with Crippen LogP contribution in [-0.4, -0.2) is 27.6 Å². The number of hydrogen-bond acceptors (Lipinski definition) is 4. The van der Waals surface area contributed by atoms with Crippen LogP contribution >= 0.6 is 0 Å². The first-order chi connectivity index (χ1) is 15.9. The Hall–Kier alpha value is -2.44. The molecule has 0 spiro atoms. The Balaban J connectivity index is 0. The number of benzene rings is 2. The van der Waals surface area contributed by atoms with E-state index in [9.17, 15) is 19.8 Å². The molecule has 0 atom stereocenters. The number of aromatic carboxylic acids is 2. The summed E-state index contributed by atoms with van der Waals surface area (Å²) in [6.07, 6.45) is 0. The number of carbonyl (C=O) groups is 2. The molecule has 0 fully saturated rings. The average Bonchev–Trinajstić information content (AvgIpc) is 2.64. The summed E-state index contributed by atoms with van der Waals surface area (Å²) in [5.41, 5.74) is 1.54. The van der Waals surface area contributed by atoms with E-state index < -0.39 is 11.9 Å². The normalized spacial score (nSPS) is 11.9. The third kappa shape index (κ3) is 9.39. The van der Waals surface area contributed by atoms with E-state index in [1.165, 1.54) is 12.1 Å². The molecule has 0 amide bonds. The second kappa shape index (κ2) is 12.6. The second-order valence-electron chi connectivity index (χ2n) is 13.4. The predicted octanol–water partition coefficient (Wildman–Crippen LogP) is 5.28. The van der Waals surface area contributed by atoms with Crippen LogP contribution in [0.2, 0.25) is 0 Å². The van der Waals surface area contributed by atoms with Crippen molar-refractivity contribution in [3.05, 3.63) is 57.6 Å². The van der Waals surface area contributed by atoms with Crippen molar-refractivity contribution >= 4 is 11.9 Å². The molecule has 2 rings (SSSR count). The Morgan fingerprint density at radius 3 is 0.947 bits per heavy atom. The van der Waals surface area contributed by atoms with Crippen molar-refractivity contribution in [1.82, 2.24) is 0 Å². The van der Waals surface area contributed by atoms with E-state index in [1.807, 2.05) is 95.2 Å². The molecule has 2 aromatic rings. The van der Waals surface area contributed by atoms with Crippen molar-refractivity contribution in [1.29, 1.82) is 0 Å². The molecule has 2 aromatic carbocycles. The zero-order valence-electron chi connectivity index (χ0n) is 25.0. The third-order valence-electron chi connectivity index (χ3n) is 5.99. The molecule has 0 aliphatic rings. The van der Waals surface area contributed by atoms with E-state index in [4.69, 9.17) is 10.2 Å². The van der Waals surface area contributed by atoms with E-state index in [2.05, 4.69) is 0 Å². The summed E-state index contributed by atoms with van der Waals surface area (Å²) in [6.45, 7) is 23.5. The summed E-state index contributed by atoms with van der Waals surface area (Å²) < 4.78 is 0. The molecule has 0 aliphatic heterocycles. The van der Waals surface area contributed by atoms with Crippen LogP contribution in [0.15, 0.2) is 24.3 Å². The Kier molecular flexibility index (Phi) is 12.5. The van der Waals surface area contributed by atoms with Gasteiger partial charge in [-0.1, -0.05) is 107 Å². The summed E-state index contributed by atoms with van der Waals surface area (Å²) in [4.78, 5) is 22.4. The van der Waals surface area contributed by atoms with Gasteiger partial charge < -0.3 is 25.9 Å². The summed E-state index contributed by atoms with van der Waals surface area (Å²) in [7, 11) is 0. The van der Waals surface area contributed by atoms with Crippen LogP contribution in [0.5, 0.6) is 11.5 Å². The fourth-order valence-electron chi connectivity index (χ4n) is 3.56. The van der Waals surface area contributed by atoms with Gasteiger partial charge in [0, 0.05) is 0 Å². The quantitative estimate of drug-likeness (QED) is 0.460. The summed E-state index contributed by atoms with van der Waals surface area (Å²) in [5, 5.41) is 42.6. The topological polar surface area (TPSA) is 152 Å². The maximum atomic E-state index is 12.2. The molecule has 0 saturated carbocycles. The molecule has 38 heavy (non-hydrogen) atoms. The van der Waals surface area contributed by atoms with Crippen LogP contribution < -0.4 is 10.2 Å². The fraction of sp³-hybridized carbons (Fsp3) is 0.533. The number of carboxylic acids is 2. The molecule has 4 N–H and O–H groups in total. The van der Waals surface area contributed by atoms with E-state index in [0.717, 1.165) is 11.1 Å². The third-order valence-corrected chi connectivity index (χ3v) is 5.99. The van der Waals surface area contributed by atoms with Crippen molar-refractivity contribution in [2.24, 2.45) is 0 Å². The zero-order valence-corrected chi connectivity index (χ0v) is 28.0. The average molecular weight is 582 g/mol. The van der Waals surface area contributed by atoms with E-state index in [1.54, 1.807) is 0 Å². The maximum absolute atomic E-state index is 12.2. The second-order valence-corrected chi connectivity index (χ2v) is 13.4. The summed E-state index contributed by atoms with van der Waals surface area (Å²) >= 11 is 0. The van der Waals surface area contributed by atoms with E-state index >= 15 is 0 Å². The van der Waals surface area contributed by atoms with Gasteiger partial charge in [0.2, 0.25) is 0 Å². The van der Waals surface area contributed by atoms with Crippen molar-refractivity contribution < 1.29 is 55.0 Å². The van der Waals surface area contributed by atoms with Gasteiger partial charge in [-0.15, -0.1) is 0 Å². The first kappa shape index (κ1) is 37.7. The minimum atomic E-state index is -1.16. The first-order valence-corrected chi connectivity index (χ1v) is 12.1. The molecule has 0 aromatic heterocycles. The minimum absolute atomic E-state index is 0. The van der Waals surface area contributed by atoms with Crippen LogP contribution in [0, 0.1) is 0 Å². The van der Waals surface area contributed by atoms with Crippen molar-refractivity contribution in [3.8, 4) is 11.5 Å². The molecule has 7 nitrogen and oxygen atoms in total. The van der Waals surface area contributed by atoms with Crippen LogP contribution in [-0.2, 0) is 41.1 Å². The minimum Gasteiger partial charge on any atom is -0.872 e. The van der Waals surface area contributed by atoms with Gasteiger partial charge in [-0.2, -0.15) is 0 Å². The van der Waals surface area contributed by atoms with Gasteiger partial charge in [-0.3, -0.25) is 0 Å². The van der Waals surface area contributed by atoms with Gasteiger partial charge in [0.1, 0.15) is 0 Å². The molecule has 0 radical (unpaired) electrons. The van der Waals surface area contributed by atoms with Gasteiger partial charge >= 0.3 is 31.4 Å². The summed E-state index contributed by atoms with van der Waals surface area (Å²) in [6, 6.07) is 6.68. The molecule has 8 heteroatoms. The Labute approximate surface area is 240 Å². The fourth-order valence-corrected chi connectivity index (χ4v) is 3.56. The predicted molar refractivity (Wildman–Crippen MR) is 144 cm³/mol. The van der Waals surface area contributed by atoms with Gasteiger partial charge in [0.05, 0.1) is 11.1 Å². The van der Waals surface area contributed by atoms with Crippen LogP contribution in [0.1, 0.15) is 126 Å². The molecule has 208 valence electrons. The monoisotopic (exact) mass is 580 g/mol. The maximum Gasteiger partial charge on any atom is 2.00 e. The van der Waals surface area contributed by atoms with Crippen molar-refractivity contribution in [2.75, 3.05) is 0 Å². The Morgan fingerprint density at radius 2 is 0.789 bits per heavy atom. The van der Waals surface area contributed by atoms with Gasteiger partial charge in [0.25, 0.3) is 0 Å². The number of hydrogen-bond donors (Lipinski definition) is 2. The Morgan fingerprint density at radius 1 is 0.553 bits per heavy atom. The standard InChI is InChI=1S/2C15H22O3.H2O.Zn/c2*1-14(2,3)9-7-10(13(17)18)12(16)11(8-9)15(4,5)6;;/h2*7-8,16H,1-6H3,(H,17,18);1H2;/q;;;+2/p-2. The van der Waals surface area contributed by atoms with Crippen LogP contribution in [0.3, 0.4) is 0 Å². The van der Waals surface area contributed by atoms with Crippen LogP contribution in [0.25, 0.3) is 0 Å². The van der Waals surface area contributed by atoms with Crippen molar-refractivity contribution in [2.45, 2.75) is 105 Å². The molecule has 0 unspecified atom stereocenters. The molecular formula is C30H44O7Zn. The SMILES string of the molecule is CC(C)(C)c1cc(C(=O)O)c([O-])c(C(C)(C)C)c1.CC(C)(C)c1cc(C(=O)O)c([O-])c(C(C)(C)C)c1.O.[Zn+2]. The first-order valence-electron chi connectivity index (χ1n) is 12.1. The van der Waals surface area contributed by atoms with Gasteiger partial charge in [0.15, 0.2) is 0 Å². The van der Waals surface area contributed by atoms with Crippen molar-refractivity contribution in [3.63, 3.8) is 0 Å².